The molecule has 26 heavy (non-hydrogen) atoms. The SMILES string of the molecule is CC(NCCc1ccccc1C#N)C(=O)Nc1ccc(S(N)(=O)=O)cc1. The van der Waals surface area contributed by atoms with Crippen molar-refractivity contribution >= 4 is 21.6 Å². The van der Waals surface area contributed by atoms with Crippen molar-refractivity contribution in [1.82, 2.24) is 5.32 Å². The molecular weight excluding hydrogens is 352 g/mol. The van der Waals surface area contributed by atoms with Gasteiger partial charge >= 0.3 is 0 Å². The van der Waals surface area contributed by atoms with E-state index in [-0.39, 0.29) is 10.8 Å². The molecule has 2 aromatic carbocycles. The van der Waals surface area contributed by atoms with Crippen LogP contribution in [0.5, 0.6) is 0 Å². The molecule has 7 nitrogen and oxygen atoms in total. The van der Waals surface area contributed by atoms with Crippen molar-refractivity contribution < 1.29 is 13.2 Å². The van der Waals surface area contributed by atoms with Gasteiger partial charge in [0.05, 0.1) is 22.6 Å². The average Bonchev–Trinajstić information content (AvgIpc) is 2.61. The minimum atomic E-state index is -3.76. The number of nitrogens with two attached hydrogens (primary N) is 1. The maximum atomic E-state index is 12.2. The van der Waals surface area contributed by atoms with Gasteiger partial charge in [-0.15, -0.1) is 0 Å². The largest absolute Gasteiger partial charge is 0.325 e. The topological polar surface area (TPSA) is 125 Å². The van der Waals surface area contributed by atoms with Crippen LogP contribution in [0, 0.1) is 11.3 Å². The summed E-state index contributed by atoms with van der Waals surface area (Å²) >= 11 is 0. The number of carbonyl (C=O) groups is 1. The van der Waals surface area contributed by atoms with Gasteiger partial charge in [-0.1, -0.05) is 18.2 Å². The molecule has 0 saturated heterocycles. The Labute approximate surface area is 152 Å². The van der Waals surface area contributed by atoms with E-state index in [0.717, 1.165) is 5.56 Å². The monoisotopic (exact) mass is 372 g/mol. The van der Waals surface area contributed by atoms with Gasteiger partial charge in [0.1, 0.15) is 0 Å². The predicted molar refractivity (Wildman–Crippen MR) is 98.8 cm³/mol. The lowest BCUT2D eigenvalue weighted by Gasteiger charge is -2.14. The van der Waals surface area contributed by atoms with E-state index in [1.807, 2.05) is 18.2 Å². The molecule has 0 heterocycles. The molecule has 0 bridgehead atoms. The number of nitrogens with zero attached hydrogens (tertiary/aromatic N) is 1. The number of carbonyl (C=O) groups excluding carboxylic acids is 1. The summed E-state index contributed by atoms with van der Waals surface area (Å²) in [5.74, 6) is -0.248. The lowest BCUT2D eigenvalue weighted by atomic mass is 10.1. The number of rotatable bonds is 7. The van der Waals surface area contributed by atoms with E-state index >= 15 is 0 Å². The smallest absolute Gasteiger partial charge is 0.241 e. The zero-order valence-electron chi connectivity index (χ0n) is 14.3. The highest BCUT2D eigenvalue weighted by molar-refractivity contribution is 7.89. The van der Waals surface area contributed by atoms with Crippen molar-refractivity contribution in [2.45, 2.75) is 24.3 Å². The zero-order valence-corrected chi connectivity index (χ0v) is 15.1. The van der Waals surface area contributed by atoms with Crippen LogP contribution >= 0.6 is 0 Å². The van der Waals surface area contributed by atoms with Crippen LogP contribution in [0.25, 0.3) is 0 Å². The second-order valence-corrected chi connectivity index (χ2v) is 7.31. The third-order valence-corrected chi connectivity index (χ3v) is 4.76. The molecule has 0 radical (unpaired) electrons. The molecule has 0 aromatic heterocycles. The fourth-order valence-corrected chi connectivity index (χ4v) is 2.86. The first-order chi connectivity index (χ1) is 12.3. The first-order valence-electron chi connectivity index (χ1n) is 7.96. The molecule has 0 aliphatic carbocycles. The van der Waals surface area contributed by atoms with E-state index in [4.69, 9.17) is 10.4 Å². The number of hydrogen-bond acceptors (Lipinski definition) is 5. The van der Waals surface area contributed by atoms with Crippen LogP contribution in [0.1, 0.15) is 18.1 Å². The van der Waals surface area contributed by atoms with Crippen LogP contribution in [0.3, 0.4) is 0 Å². The van der Waals surface area contributed by atoms with E-state index in [1.165, 1.54) is 24.3 Å². The number of amides is 1. The highest BCUT2D eigenvalue weighted by atomic mass is 32.2. The van der Waals surface area contributed by atoms with Crippen LogP contribution in [0.2, 0.25) is 0 Å². The summed E-state index contributed by atoms with van der Waals surface area (Å²) in [7, 11) is -3.76. The number of nitriles is 1. The third-order valence-electron chi connectivity index (χ3n) is 3.83. The molecule has 2 rings (SSSR count). The van der Waals surface area contributed by atoms with E-state index in [2.05, 4.69) is 16.7 Å². The predicted octanol–water partition coefficient (Wildman–Crippen LogP) is 1.36. The van der Waals surface area contributed by atoms with E-state index < -0.39 is 16.1 Å². The summed E-state index contributed by atoms with van der Waals surface area (Å²) in [6, 6.07) is 14.7. The highest BCUT2D eigenvalue weighted by Crippen LogP contribution is 2.13. The average molecular weight is 372 g/mol. The Morgan fingerprint density at radius 3 is 2.46 bits per heavy atom. The Balaban J connectivity index is 1.87. The van der Waals surface area contributed by atoms with Crippen LogP contribution < -0.4 is 15.8 Å². The standard InChI is InChI=1S/C18H20N4O3S/c1-13(21-11-10-14-4-2-3-5-15(14)12-19)18(23)22-16-6-8-17(9-7-16)26(20,24)25/h2-9,13,21H,10-11H2,1H3,(H,22,23)(H2,20,24,25). The number of primary sulfonamides is 1. The number of sulfonamides is 1. The quantitative estimate of drug-likeness (QED) is 0.677. The molecule has 4 N–H and O–H groups in total. The summed E-state index contributed by atoms with van der Waals surface area (Å²) in [5.41, 5.74) is 2.03. The van der Waals surface area contributed by atoms with Crippen LogP contribution in [-0.2, 0) is 21.2 Å². The normalized spacial score (nSPS) is 12.2. The molecule has 0 spiro atoms. The van der Waals surface area contributed by atoms with Gasteiger partial charge in [0.15, 0.2) is 0 Å². The van der Waals surface area contributed by atoms with Gasteiger partial charge in [0.25, 0.3) is 0 Å². The maximum absolute atomic E-state index is 12.2. The third kappa shape index (κ3) is 5.39. The Kier molecular flexibility index (Phi) is 6.46. The molecule has 0 saturated carbocycles. The van der Waals surface area contributed by atoms with Crippen molar-refractivity contribution in [3.63, 3.8) is 0 Å². The van der Waals surface area contributed by atoms with Crippen LogP contribution in [0.15, 0.2) is 53.4 Å². The molecule has 0 fully saturated rings. The van der Waals surface area contributed by atoms with Gasteiger partial charge in [0.2, 0.25) is 15.9 Å². The maximum Gasteiger partial charge on any atom is 0.241 e. The van der Waals surface area contributed by atoms with Gasteiger partial charge in [-0.2, -0.15) is 5.26 Å². The number of benzene rings is 2. The molecule has 1 amide bonds. The number of hydrogen-bond donors (Lipinski definition) is 3. The Hall–Kier alpha value is -2.73. The van der Waals surface area contributed by atoms with Gasteiger partial charge in [-0.05, 0) is 55.8 Å². The molecule has 2 aromatic rings. The van der Waals surface area contributed by atoms with E-state index in [1.54, 1.807) is 13.0 Å². The minimum absolute atomic E-state index is 0.0159. The fraction of sp³-hybridized carbons (Fsp3) is 0.222. The second kappa shape index (κ2) is 8.58. The van der Waals surface area contributed by atoms with Crippen molar-refractivity contribution in [1.29, 1.82) is 5.26 Å². The molecule has 1 atom stereocenters. The molecule has 0 aliphatic heterocycles. The summed E-state index contributed by atoms with van der Waals surface area (Å²) in [6.45, 7) is 2.27. The summed E-state index contributed by atoms with van der Waals surface area (Å²) in [4.78, 5) is 12.2. The van der Waals surface area contributed by atoms with Crippen molar-refractivity contribution in [2.24, 2.45) is 5.14 Å². The highest BCUT2D eigenvalue weighted by Gasteiger charge is 2.13. The number of nitrogens with one attached hydrogen (secondary N) is 2. The van der Waals surface area contributed by atoms with Crippen molar-refractivity contribution in [3.8, 4) is 6.07 Å². The first kappa shape index (κ1) is 19.6. The van der Waals surface area contributed by atoms with Gasteiger partial charge < -0.3 is 10.6 Å². The summed E-state index contributed by atoms with van der Waals surface area (Å²) < 4.78 is 22.4. The lowest BCUT2D eigenvalue weighted by molar-refractivity contribution is -0.117. The van der Waals surface area contributed by atoms with Crippen molar-refractivity contribution in [2.75, 3.05) is 11.9 Å². The van der Waals surface area contributed by atoms with Crippen LogP contribution in [0.4, 0.5) is 5.69 Å². The lowest BCUT2D eigenvalue weighted by Crippen LogP contribution is -2.39. The Bertz CT molecular complexity index is 918. The first-order valence-corrected chi connectivity index (χ1v) is 9.51. The van der Waals surface area contributed by atoms with E-state index in [0.29, 0.717) is 24.2 Å². The zero-order chi connectivity index (χ0) is 19.2. The second-order valence-electron chi connectivity index (χ2n) is 5.75. The number of anilines is 1. The Morgan fingerprint density at radius 1 is 1.19 bits per heavy atom. The molecule has 0 aliphatic rings. The van der Waals surface area contributed by atoms with Gasteiger partial charge in [-0.3, -0.25) is 4.79 Å². The summed E-state index contributed by atoms with van der Waals surface area (Å²) in [6.07, 6.45) is 0.629. The van der Waals surface area contributed by atoms with Crippen molar-refractivity contribution in [3.05, 3.63) is 59.7 Å². The van der Waals surface area contributed by atoms with Gasteiger partial charge in [0, 0.05) is 5.69 Å². The molecule has 1 unspecified atom stereocenters. The molecule has 8 heteroatoms. The summed E-state index contributed by atoms with van der Waals surface area (Å²) in [5, 5.41) is 19.9. The minimum Gasteiger partial charge on any atom is -0.325 e. The molecular formula is C18H20N4O3S. The fourth-order valence-electron chi connectivity index (χ4n) is 2.34. The van der Waals surface area contributed by atoms with Gasteiger partial charge in [-0.25, -0.2) is 13.6 Å². The Morgan fingerprint density at radius 2 is 1.85 bits per heavy atom. The van der Waals surface area contributed by atoms with Crippen LogP contribution in [-0.4, -0.2) is 26.9 Å². The van der Waals surface area contributed by atoms with E-state index in [9.17, 15) is 13.2 Å². The molecule has 136 valence electrons.